The average Bonchev–Trinajstić information content (AvgIpc) is 2.93. The second kappa shape index (κ2) is 6.24. The van der Waals surface area contributed by atoms with Crippen LogP contribution in [0.5, 0.6) is 0 Å². The molecular formula is C15H24N2O2S. The Bertz CT molecular complexity index is 531. The molecule has 1 aliphatic rings. The Balaban J connectivity index is 2.05. The van der Waals surface area contributed by atoms with Crippen LogP contribution < -0.4 is 0 Å². The van der Waals surface area contributed by atoms with Crippen molar-refractivity contribution >= 4 is 10.2 Å². The first kappa shape index (κ1) is 15.5. The Hall–Kier alpha value is -0.910. The molecule has 1 heterocycles. The standard InChI is InChI=1S/C15H24N2O2S/c1-13(2)15-8-6-14(7-9-15)12-16(3)20(18,19)17-10-4-5-11-17/h6-9,13H,4-5,10-12H2,1-3H3. The van der Waals surface area contributed by atoms with Gasteiger partial charge in [-0.3, -0.25) is 0 Å². The molecule has 5 heteroatoms. The first-order valence-electron chi connectivity index (χ1n) is 7.21. The summed E-state index contributed by atoms with van der Waals surface area (Å²) in [5.41, 5.74) is 2.30. The number of rotatable bonds is 5. The summed E-state index contributed by atoms with van der Waals surface area (Å²) in [5.74, 6) is 0.495. The SMILES string of the molecule is CC(C)c1ccc(CN(C)S(=O)(=O)N2CCCC2)cc1. The van der Waals surface area contributed by atoms with E-state index in [2.05, 4.69) is 26.0 Å². The Morgan fingerprint density at radius 3 is 2.20 bits per heavy atom. The van der Waals surface area contributed by atoms with E-state index in [4.69, 9.17) is 0 Å². The van der Waals surface area contributed by atoms with Crippen LogP contribution in [0.4, 0.5) is 0 Å². The van der Waals surface area contributed by atoms with Crippen LogP contribution >= 0.6 is 0 Å². The zero-order valence-corrected chi connectivity index (χ0v) is 13.4. The van der Waals surface area contributed by atoms with Crippen LogP contribution in [0.3, 0.4) is 0 Å². The molecule has 0 saturated carbocycles. The van der Waals surface area contributed by atoms with Crippen molar-refractivity contribution < 1.29 is 8.42 Å². The summed E-state index contributed by atoms with van der Waals surface area (Å²) < 4.78 is 27.8. The number of hydrogen-bond donors (Lipinski definition) is 0. The first-order valence-corrected chi connectivity index (χ1v) is 8.61. The molecule has 1 aliphatic heterocycles. The van der Waals surface area contributed by atoms with E-state index >= 15 is 0 Å². The molecule has 1 saturated heterocycles. The van der Waals surface area contributed by atoms with Gasteiger partial charge in [0.2, 0.25) is 0 Å². The lowest BCUT2D eigenvalue weighted by molar-refractivity contribution is 0.392. The minimum absolute atomic E-state index is 0.428. The molecule has 2 rings (SSSR count). The van der Waals surface area contributed by atoms with E-state index in [1.807, 2.05) is 12.1 Å². The third-order valence-corrected chi connectivity index (χ3v) is 5.77. The molecule has 0 aliphatic carbocycles. The Labute approximate surface area is 122 Å². The molecule has 0 spiro atoms. The molecule has 0 atom stereocenters. The molecule has 4 nitrogen and oxygen atoms in total. The summed E-state index contributed by atoms with van der Waals surface area (Å²) in [6, 6.07) is 8.20. The summed E-state index contributed by atoms with van der Waals surface area (Å²) in [6.45, 7) is 6.03. The number of hydrogen-bond acceptors (Lipinski definition) is 2. The second-order valence-corrected chi connectivity index (χ2v) is 7.80. The van der Waals surface area contributed by atoms with Crippen LogP contribution in [0, 0.1) is 0 Å². The molecule has 20 heavy (non-hydrogen) atoms. The van der Waals surface area contributed by atoms with Crippen molar-refractivity contribution in [1.82, 2.24) is 8.61 Å². The van der Waals surface area contributed by atoms with Gasteiger partial charge in [0, 0.05) is 26.7 Å². The van der Waals surface area contributed by atoms with Gasteiger partial charge in [-0.2, -0.15) is 17.0 Å². The van der Waals surface area contributed by atoms with E-state index < -0.39 is 10.2 Å². The van der Waals surface area contributed by atoms with E-state index in [0.29, 0.717) is 25.6 Å². The Kier molecular flexibility index (Phi) is 4.83. The smallest absolute Gasteiger partial charge is 0.195 e. The fourth-order valence-electron chi connectivity index (χ4n) is 2.46. The molecule has 1 fully saturated rings. The van der Waals surface area contributed by atoms with Gasteiger partial charge in [0.15, 0.2) is 0 Å². The molecule has 0 amide bonds. The van der Waals surface area contributed by atoms with Gasteiger partial charge >= 0.3 is 0 Å². The monoisotopic (exact) mass is 296 g/mol. The molecule has 1 aromatic carbocycles. The summed E-state index contributed by atoms with van der Waals surface area (Å²) in [7, 11) is -1.64. The van der Waals surface area contributed by atoms with E-state index in [9.17, 15) is 8.42 Å². The van der Waals surface area contributed by atoms with Gasteiger partial charge in [0.05, 0.1) is 0 Å². The second-order valence-electron chi connectivity index (χ2n) is 5.77. The topological polar surface area (TPSA) is 40.6 Å². The zero-order valence-electron chi connectivity index (χ0n) is 12.5. The highest BCUT2D eigenvalue weighted by Gasteiger charge is 2.29. The van der Waals surface area contributed by atoms with Crippen LogP contribution in [-0.4, -0.2) is 37.2 Å². The molecule has 1 aromatic rings. The molecule has 0 radical (unpaired) electrons. The average molecular weight is 296 g/mol. The highest BCUT2D eigenvalue weighted by atomic mass is 32.2. The van der Waals surface area contributed by atoms with Crippen LogP contribution in [0.15, 0.2) is 24.3 Å². The van der Waals surface area contributed by atoms with Crippen molar-refractivity contribution in [3.05, 3.63) is 35.4 Å². The van der Waals surface area contributed by atoms with Gasteiger partial charge in [0.1, 0.15) is 0 Å². The summed E-state index contributed by atoms with van der Waals surface area (Å²) in [6.07, 6.45) is 1.94. The van der Waals surface area contributed by atoms with Crippen LogP contribution in [0.2, 0.25) is 0 Å². The van der Waals surface area contributed by atoms with Gasteiger partial charge in [-0.05, 0) is 29.9 Å². The van der Waals surface area contributed by atoms with Crippen LogP contribution in [-0.2, 0) is 16.8 Å². The van der Waals surface area contributed by atoms with Crippen molar-refractivity contribution in [3.8, 4) is 0 Å². The Morgan fingerprint density at radius 2 is 1.70 bits per heavy atom. The van der Waals surface area contributed by atoms with Gasteiger partial charge in [-0.1, -0.05) is 38.1 Å². The largest absolute Gasteiger partial charge is 0.282 e. The van der Waals surface area contributed by atoms with E-state index in [0.717, 1.165) is 18.4 Å². The van der Waals surface area contributed by atoms with E-state index in [-0.39, 0.29) is 0 Å². The minimum Gasteiger partial charge on any atom is -0.195 e. The normalized spacial score (nSPS) is 17.2. The van der Waals surface area contributed by atoms with Crippen molar-refractivity contribution in [2.75, 3.05) is 20.1 Å². The fraction of sp³-hybridized carbons (Fsp3) is 0.600. The predicted molar refractivity (Wildman–Crippen MR) is 81.7 cm³/mol. The third-order valence-electron chi connectivity index (χ3n) is 3.84. The summed E-state index contributed by atoms with van der Waals surface area (Å²) in [4.78, 5) is 0. The van der Waals surface area contributed by atoms with Crippen molar-refractivity contribution in [1.29, 1.82) is 0 Å². The zero-order chi connectivity index (χ0) is 14.8. The lowest BCUT2D eigenvalue weighted by atomic mass is 10.0. The molecule has 0 unspecified atom stereocenters. The van der Waals surface area contributed by atoms with Crippen molar-refractivity contribution in [3.63, 3.8) is 0 Å². The van der Waals surface area contributed by atoms with Crippen molar-refractivity contribution in [2.45, 2.75) is 39.2 Å². The third kappa shape index (κ3) is 3.40. The maximum atomic E-state index is 12.4. The summed E-state index contributed by atoms with van der Waals surface area (Å²) >= 11 is 0. The Morgan fingerprint density at radius 1 is 1.15 bits per heavy atom. The lowest BCUT2D eigenvalue weighted by Crippen LogP contribution is -2.39. The van der Waals surface area contributed by atoms with E-state index in [1.54, 1.807) is 11.4 Å². The number of nitrogens with zero attached hydrogens (tertiary/aromatic N) is 2. The molecule has 112 valence electrons. The molecule has 0 bridgehead atoms. The lowest BCUT2D eigenvalue weighted by Gasteiger charge is -2.23. The first-order chi connectivity index (χ1) is 9.41. The predicted octanol–water partition coefficient (Wildman–Crippen LogP) is 2.58. The maximum absolute atomic E-state index is 12.4. The van der Waals surface area contributed by atoms with Crippen molar-refractivity contribution in [2.24, 2.45) is 0 Å². The van der Waals surface area contributed by atoms with Gasteiger partial charge < -0.3 is 0 Å². The van der Waals surface area contributed by atoms with Gasteiger partial charge in [0.25, 0.3) is 10.2 Å². The van der Waals surface area contributed by atoms with Crippen LogP contribution in [0.1, 0.15) is 43.7 Å². The number of benzene rings is 1. The highest BCUT2D eigenvalue weighted by molar-refractivity contribution is 7.86. The van der Waals surface area contributed by atoms with Gasteiger partial charge in [-0.15, -0.1) is 0 Å². The minimum atomic E-state index is -3.30. The molecule has 0 N–H and O–H groups in total. The quantitative estimate of drug-likeness (QED) is 0.838. The van der Waals surface area contributed by atoms with Gasteiger partial charge in [-0.25, -0.2) is 0 Å². The van der Waals surface area contributed by atoms with E-state index in [1.165, 1.54) is 9.87 Å². The van der Waals surface area contributed by atoms with Crippen LogP contribution in [0.25, 0.3) is 0 Å². The molecular weight excluding hydrogens is 272 g/mol. The maximum Gasteiger partial charge on any atom is 0.282 e. The highest BCUT2D eigenvalue weighted by Crippen LogP contribution is 2.19. The summed E-state index contributed by atoms with van der Waals surface area (Å²) in [5, 5.41) is 0. The fourth-order valence-corrected chi connectivity index (χ4v) is 3.89. The molecule has 0 aromatic heterocycles.